The number of rotatable bonds is 4. The second kappa shape index (κ2) is 7.27. The first kappa shape index (κ1) is 16.2. The molecule has 1 aromatic heterocycles. The van der Waals surface area contributed by atoms with Crippen molar-refractivity contribution in [1.29, 1.82) is 0 Å². The maximum atomic E-state index is 12.6. The third kappa shape index (κ3) is 3.64. The molecule has 0 saturated heterocycles. The number of amides is 2. The van der Waals surface area contributed by atoms with Gasteiger partial charge in [0.15, 0.2) is 11.5 Å². The van der Waals surface area contributed by atoms with Crippen LogP contribution in [0.25, 0.3) is 0 Å². The Morgan fingerprint density at radius 3 is 2.00 bits per heavy atom. The average molecular weight is 334 g/mol. The van der Waals surface area contributed by atoms with Gasteiger partial charge in [-0.05, 0) is 18.2 Å². The van der Waals surface area contributed by atoms with E-state index < -0.39 is 11.8 Å². The summed E-state index contributed by atoms with van der Waals surface area (Å²) in [4.78, 5) is 36.8. The van der Waals surface area contributed by atoms with Crippen molar-refractivity contribution in [2.24, 2.45) is 0 Å². The number of ketones is 1. The highest BCUT2D eigenvalue weighted by molar-refractivity contribution is 6.15. The fourth-order valence-corrected chi connectivity index (χ4v) is 2.27. The number of carbonyl (C=O) groups excluding carboxylic acids is 3. The molecule has 0 aliphatic rings. The summed E-state index contributed by atoms with van der Waals surface area (Å²) in [7, 11) is 0. The van der Waals surface area contributed by atoms with E-state index in [4.69, 9.17) is 4.42 Å². The van der Waals surface area contributed by atoms with Crippen molar-refractivity contribution in [3.05, 3.63) is 95.4 Å². The zero-order valence-corrected chi connectivity index (χ0v) is 13.1. The summed E-state index contributed by atoms with van der Waals surface area (Å²) >= 11 is 0. The molecule has 0 atom stereocenters. The van der Waals surface area contributed by atoms with Gasteiger partial charge in [0.05, 0.1) is 11.8 Å². The molecule has 2 N–H and O–H groups in total. The highest BCUT2D eigenvalue weighted by Crippen LogP contribution is 2.14. The summed E-state index contributed by atoms with van der Waals surface area (Å²) in [5.74, 6) is -1.40. The Labute approximate surface area is 143 Å². The van der Waals surface area contributed by atoms with Gasteiger partial charge in [0.25, 0.3) is 5.91 Å². The van der Waals surface area contributed by atoms with Gasteiger partial charge < -0.3 is 4.42 Å². The van der Waals surface area contributed by atoms with Crippen molar-refractivity contribution < 1.29 is 18.8 Å². The molecule has 0 aliphatic carbocycles. The van der Waals surface area contributed by atoms with E-state index in [2.05, 4.69) is 10.9 Å². The van der Waals surface area contributed by atoms with E-state index in [0.29, 0.717) is 5.56 Å². The molecular weight excluding hydrogens is 320 g/mol. The predicted octanol–water partition coefficient (Wildman–Crippen LogP) is 2.59. The third-order valence-corrected chi connectivity index (χ3v) is 3.49. The minimum Gasteiger partial charge on any atom is -0.459 e. The molecule has 0 spiro atoms. The molecule has 0 bridgehead atoms. The number of hydrazine groups is 1. The summed E-state index contributed by atoms with van der Waals surface area (Å²) in [6.45, 7) is 0. The molecule has 6 heteroatoms. The van der Waals surface area contributed by atoms with Crippen LogP contribution in [-0.4, -0.2) is 17.6 Å². The summed E-state index contributed by atoms with van der Waals surface area (Å²) < 4.78 is 4.94. The van der Waals surface area contributed by atoms with Crippen LogP contribution >= 0.6 is 0 Å². The van der Waals surface area contributed by atoms with Crippen molar-refractivity contribution >= 4 is 17.6 Å². The van der Waals surface area contributed by atoms with Crippen LogP contribution in [0.15, 0.2) is 77.4 Å². The van der Waals surface area contributed by atoms with Gasteiger partial charge in [-0.25, -0.2) is 0 Å². The maximum Gasteiger partial charge on any atom is 0.305 e. The predicted molar refractivity (Wildman–Crippen MR) is 90.0 cm³/mol. The minimum absolute atomic E-state index is 0.0638. The summed E-state index contributed by atoms with van der Waals surface area (Å²) in [6, 6.07) is 18.1. The van der Waals surface area contributed by atoms with E-state index in [1.165, 1.54) is 18.4 Å². The number of hydrogen-bond acceptors (Lipinski definition) is 4. The van der Waals surface area contributed by atoms with Crippen LogP contribution in [0.5, 0.6) is 0 Å². The molecule has 124 valence electrons. The molecule has 0 unspecified atom stereocenters. The van der Waals surface area contributed by atoms with Crippen molar-refractivity contribution in [3.63, 3.8) is 0 Å². The van der Waals surface area contributed by atoms with E-state index in [1.807, 2.05) is 0 Å². The lowest BCUT2D eigenvalue weighted by atomic mass is 9.98. The number of nitrogens with one attached hydrogen (secondary N) is 2. The fraction of sp³-hybridized carbons (Fsp3) is 0. The Bertz CT molecular complexity index is 902. The van der Waals surface area contributed by atoms with Gasteiger partial charge in [0.2, 0.25) is 0 Å². The lowest BCUT2D eigenvalue weighted by Crippen LogP contribution is -2.42. The van der Waals surface area contributed by atoms with E-state index in [1.54, 1.807) is 54.6 Å². The molecule has 25 heavy (non-hydrogen) atoms. The van der Waals surface area contributed by atoms with Crippen LogP contribution in [-0.2, 0) is 0 Å². The van der Waals surface area contributed by atoms with Gasteiger partial charge in [-0.1, -0.05) is 48.5 Å². The molecule has 2 aromatic carbocycles. The molecule has 3 rings (SSSR count). The van der Waals surface area contributed by atoms with Crippen LogP contribution < -0.4 is 10.9 Å². The van der Waals surface area contributed by atoms with Crippen LogP contribution in [0.1, 0.15) is 36.8 Å². The molecule has 0 aliphatic heterocycles. The summed E-state index contributed by atoms with van der Waals surface area (Å²) in [6.07, 6.45) is 1.35. The van der Waals surface area contributed by atoms with Crippen molar-refractivity contribution in [3.8, 4) is 0 Å². The van der Waals surface area contributed by atoms with Gasteiger partial charge in [0, 0.05) is 11.1 Å². The number of furan rings is 1. The molecule has 0 fully saturated rings. The first-order chi connectivity index (χ1) is 12.2. The Morgan fingerprint density at radius 1 is 0.680 bits per heavy atom. The van der Waals surface area contributed by atoms with Crippen molar-refractivity contribution in [1.82, 2.24) is 10.9 Å². The van der Waals surface area contributed by atoms with Crippen LogP contribution in [0, 0.1) is 0 Å². The second-order valence-electron chi connectivity index (χ2n) is 5.13. The summed E-state index contributed by atoms with van der Waals surface area (Å²) in [5.41, 5.74) is 5.41. The monoisotopic (exact) mass is 334 g/mol. The first-order valence-corrected chi connectivity index (χ1v) is 7.50. The Balaban J connectivity index is 1.77. The highest BCUT2D eigenvalue weighted by Gasteiger charge is 2.18. The molecule has 6 nitrogen and oxygen atoms in total. The fourth-order valence-electron chi connectivity index (χ4n) is 2.27. The molecule has 3 aromatic rings. The van der Waals surface area contributed by atoms with Gasteiger partial charge >= 0.3 is 5.91 Å². The molecule has 0 radical (unpaired) electrons. The molecule has 1 heterocycles. The zero-order valence-electron chi connectivity index (χ0n) is 13.1. The van der Waals surface area contributed by atoms with Crippen LogP contribution in [0.2, 0.25) is 0 Å². The number of benzene rings is 2. The van der Waals surface area contributed by atoms with Gasteiger partial charge in [-0.3, -0.25) is 25.2 Å². The van der Waals surface area contributed by atoms with E-state index >= 15 is 0 Å². The SMILES string of the molecule is O=C(NNC(=O)c1ccccc1C(=O)c1ccccc1)c1ccco1. The maximum absolute atomic E-state index is 12.6. The van der Waals surface area contributed by atoms with Crippen molar-refractivity contribution in [2.75, 3.05) is 0 Å². The standard InChI is InChI=1S/C19H14N2O4/c22-17(13-7-2-1-3-8-13)14-9-4-5-10-15(14)18(23)20-21-19(24)16-11-6-12-25-16/h1-12H,(H,20,23)(H,21,24). The van der Waals surface area contributed by atoms with Crippen LogP contribution in [0.4, 0.5) is 0 Å². The summed E-state index contributed by atoms with van der Waals surface area (Å²) in [5, 5.41) is 0. The Kier molecular flexibility index (Phi) is 4.71. The normalized spacial score (nSPS) is 10.1. The zero-order chi connectivity index (χ0) is 17.6. The molecule has 0 saturated carbocycles. The van der Waals surface area contributed by atoms with Gasteiger partial charge in [-0.2, -0.15) is 0 Å². The molecule has 2 amide bonds. The van der Waals surface area contributed by atoms with E-state index in [0.717, 1.165) is 0 Å². The minimum atomic E-state index is -0.597. The molecular formula is C19H14N2O4. The lowest BCUT2D eigenvalue weighted by molar-refractivity contribution is 0.0829. The van der Waals surface area contributed by atoms with E-state index in [9.17, 15) is 14.4 Å². The van der Waals surface area contributed by atoms with Crippen LogP contribution in [0.3, 0.4) is 0 Å². The highest BCUT2D eigenvalue weighted by atomic mass is 16.3. The average Bonchev–Trinajstić information content (AvgIpc) is 3.21. The second-order valence-corrected chi connectivity index (χ2v) is 5.13. The van der Waals surface area contributed by atoms with Crippen molar-refractivity contribution in [2.45, 2.75) is 0 Å². The Hall–Kier alpha value is -3.67. The first-order valence-electron chi connectivity index (χ1n) is 7.50. The number of carbonyl (C=O) groups is 3. The topological polar surface area (TPSA) is 88.4 Å². The van der Waals surface area contributed by atoms with Gasteiger partial charge in [-0.15, -0.1) is 0 Å². The van der Waals surface area contributed by atoms with E-state index in [-0.39, 0.29) is 22.7 Å². The number of hydrogen-bond donors (Lipinski definition) is 2. The largest absolute Gasteiger partial charge is 0.459 e. The van der Waals surface area contributed by atoms with Gasteiger partial charge in [0.1, 0.15) is 0 Å². The quantitative estimate of drug-likeness (QED) is 0.567. The lowest BCUT2D eigenvalue weighted by Gasteiger charge is -2.10. The Morgan fingerprint density at radius 2 is 1.32 bits per heavy atom. The smallest absolute Gasteiger partial charge is 0.305 e. The third-order valence-electron chi connectivity index (χ3n) is 3.49.